The van der Waals surface area contributed by atoms with Crippen molar-refractivity contribution in [3.63, 3.8) is 0 Å². The summed E-state index contributed by atoms with van der Waals surface area (Å²) < 4.78 is 0. The Morgan fingerprint density at radius 3 is 3.00 bits per heavy atom. The van der Waals surface area contributed by atoms with Gasteiger partial charge in [-0.2, -0.15) is 0 Å². The Bertz CT molecular complexity index is 656. The molecule has 18 heavy (non-hydrogen) atoms. The molecule has 1 aromatic heterocycles. The fourth-order valence-electron chi connectivity index (χ4n) is 2.08. The van der Waals surface area contributed by atoms with Gasteiger partial charge in [-0.3, -0.25) is 14.8 Å². The minimum Gasteiger partial charge on any atom is -0.478 e. The first-order valence-electron chi connectivity index (χ1n) is 5.37. The Labute approximate surface area is 102 Å². The lowest BCUT2D eigenvalue weighted by atomic mass is 9.84. The Kier molecular flexibility index (Phi) is 2.19. The molecule has 0 spiro atoms. The van der Waals surface area contributed by atoms with Crippen LogP contribution in [0, 0.1) is 5.92 Å². The molecule has 5 heteroatoms. The topological polar surface area (TPSA) is 79.6 Å². The van der Waals surface area contributed by atoms with Gasteiger partial charge < -0.3 is 5.11 Å². The van der Waals surface area contributed by atoms with E-state index in [0.29, 0.717) is 11.4 Å². The van der Waals surface area contributed by atoms with Gasteiger partial charge in [-0.25, -0.2) is 4.79 Å². The van der Waals surface area contributed by atoms with E-state index in [9.17, 15) is 9.59 Å². The number of hydrogen-bond donors (Lipinski definition) is 1. The van der Waals surface area contributed by atoms with Gasteiger partial charge in [0.15, 0.2) is 5.78 Å². The molecule has 5 nitrogen and oxygen atoms in total. The van der Waals surface area contributed by atoms with Crippen LogP contribution in [0.4, 0.5) is 0 Å². The molecule has 0 bridgehead atoms. The first-order chi connectivity index (χ1) is 8.68. The summed E-state index contributed by atoms with van der Waals surface area (Å²) in [6.07, 6.45) is 6.17. The zero-order chi connectivity index (χ0) is 12.7. The van der Waals surface area contributed by atoms with Gasteiger partial charge in [-0.05, 0) is 6.07 Å². The number of allylic oxidation sites excluding steroid dienone is 1. The molecule has 88 valence electrons. The molecular weight excluding hydrogens is 232 g/mol. The van der Waals surface area contributed by atoms with E-state index in [1.54, 1.807) is 24.4 Å². The van der Waals surface area contributed by atoms with E-state index in [1.165, 1.54) is 0 Å². The van der Waals surface area contributed by atoms with Gasteiger partial charge in [-0.1, -0.05) is 18.2 Å². The average Bonchev–Trinajstić information content (AvgIpc) is 2.38. The maximum Gasteiger partial charge on any atom is 0.340 e. The Morgan fingerprint density at radius 1 is 1.39 bits per heavy atom. The number of nitrogens with zero attached hydrogens (tertiary/aromatic N) is 2. The number of aliphatic carboxylic acids is 1. The van der Waals surface area contributed by atoms with E-state index < -0.39 is 17.7 Å². The molecule has 0 fully saturated rings. The van der Waals surface area contributed by atoms with Gasteiger partial charge in [-0.15, -0.1) is 0 Å². The zero-order valence-electron chi connectivity index (χ0n) is 9.20. The van der Waals surface area contributed by atoms with Crippen LogP contribution in [0.25, 0.3) is 6.08 Å². The summed E-state index contributed by atoms with van der Waals surface area (Å²) in [6, 6.07) is 3.67. The van der Waals surface area contributed by atoms with Crippen LogP contribution in [-0.2, 0) is 9.59 Å². The smallest absolute Gasteiger partial charge is 0.340 e. The number of carbonyl (C=O) groups excluding carboxylic acids is 1. The van der Waals surface area contributed by atoms with E-state index in [2.05, 4.69) is 9.98 Å². The van der Waals surface area contributed by atoms with E-state index in [-0.39, 0.29) is 5.57 Å². The van der Waals surface area contributed by atoms with Crippen LogP contribution in [0.2, 0.25) is 0 Å². The largest absolute Gasteiger partial charge is 0.478 e. The highest BCUT2D eigenvalue weighted by molar-refractivity contribution is 6.29. The fourth-order valence-corrected chi connectivity index (χ4v) is 2.08. The van der Waals surface area contributed by atoms with E-state index in [1.807, 2.05) is 6.07 Å². The standard InChI is InChI=1S/C13H8N2O3/c16-12-8-4-3-7-2-1-5-14-10(7)11(8)15-6-9(12)13(17)18/h1-6,8H,(H,17,18). The van der Waals surface area contributed by atoms with E-state index in [0.717, 1.165) is 11.8 Å². The number of aliphatic imine (C=N–C) groups is 1. The summed E-state index contributed by atoms with van der Waals surface area (Å²) in [4.78, 5) is 31.2. The number of carboxylic acids is 1. The molecule has 1 aliphatic carbocycles. The molecule has 1 unspecified atom stereocenters. The summed E-state index contributed by atoms with van der Waals surface area (Å²) in [5.41, 5.74) is 1.75. The minimum atomic E-state index is -1.25. The molecular formula is C13H8N2O3. The van der Waals surface area contributed by atoms with E-state index in [4.69, 9.17) is 5.11 Å². The summed E-state index contributed by atoms with van der Waals surface area (Å²) >= 11 is 0. The number of carboxylic acid groups (broad SMARTS) is 1. The predicted octanol–water partition coefficient (Wildman–Crippen LogP) is 1.06. The molecule has 1 N–H and O–H groups in total. The first kappa shape index (κ1) is 10.6. The van der Waals surface area contributed by atoms with Crippen molar-refractivity contribution in [1.29, 1.82) is 0 Å². The summed E-state index contributed by atoms with van der Waals surface area (Å²) in [5, 5.41) is 8.90. The van der Waals surface area contributed by atoms with Gasteiger partial charge in [0.2, 0.25) is 0 Å². The second-order valence-corrected chi connectivity index (χ2v) is 4.00. The predicted molar refractivity (Wildman–Crippen MR) is 64.0 cm³/mol. The molecule has 0 amide bonds. The highest BCUT2D eigenvalue weighted by Gasteiger charge is 2.35. The van der Waals surface area contributed by atoms with Crippen molar-refractivity contribution in [2.75, 3.05) is 0 Å². The van der Waals surface area contributed by atoms with Crippen molar-refractivity contribution in [1.82, 2.24) is 4.98 Å². The summed E-state index contributed by atoms with van der Waals surface area (Å²) in [6.45, 7) is 0. The second kappa shape index (κ2) is 3.73. The third-order valence-corrected chi connectivity index (χ3v) is 2.96. The molecule has 2 aliphatic rings. The van der Waals surface area contributed by atoms with Gasteiger partial charge in [0.25, 0.3) is 0 Å². The van der Waals surface area contributed by atoms with Crippen LogP contribution in [0.5, 0.6) is 0 Å². The van der Waals surface area contributed by atoms with Gasteiger partial charge in [0.1, 0.15) is 5.57 Å². The molecule has 0 aromatic carbocycles. The zero-order valence-corrected chi connectivity index (χ0v) is 9.20. The van der Waals surface area contributed by atoms with Crippen molar-refractivity contribution >= 4 is 23.5 Å². The van der Waals surface area contributed by atoms with Crippen molar-refractivity contribution in [2.45, 2.75) is 0 Å². The van der Waals surface area contributed by atoms with Crippen molar-refractivity contribution in [2.24, 2.45) is 10.9 Å². The van der Waals surface area contributed by atoms with Crippen LogP contribution in [-0.4, -0.2) is 27.6 Å². The molecule has 1 aliphatic heterocycles. The number of ketones is 1. The molecule has 0 saturated carbocycles. The van der Waals surface area contributed by atoms with E-state index >= 15 is 0 Å². The number of aromatic nitrogens is 1. The van der Waals surface area contributed by atoms with Crippen LogP contribution < -0.4 is 0 Å². The Hall–Kier alpha value is -2.56. The minimum absolute atomic E-state index is 0.284. The summed E-state index contributed by atoms with van der Waals surface area (Å²) in [5.74, 6) is -2.33. The maximum absolute atomic E-state index is 12.0. The number of Topliss-reactive ketones (excluding diaryl/α,β-unsaturated/α-hetero) is 1. The monoisotopic (exact) mass is 240 g/mol. The molecule has 0 radical (unpaired) electrons. The van der Waals surface area contributed by atoms with Crippen molar-refractivity contribution in [3.8, 4) is 0 Å². The lowest BCUT2D eigenvalue weighted by Gasteiger charge is -2.22. The van der Waals surface area contributed by atoms with Crippen molar-refractivity contribution in [3.05, 3.63) is 47.4 Å². The fraction of sp³-hybridized carbons (Fsp3) is 0.0769. The molecule has 2 heterocycles. The Morgan fingerprint density at radius 2 is 2.22 bits per heavy atom. The number of carbonyl (C=O) groups is 2. The maximum atomic E-state index is 12.0. The highest BCUT2D eigenvalue weighted by Crippen LogP contribution is 2.27. The van der Waals surface area contributed by atoms with Crippen molar-refractivity contribution < 1.29 is 14.7 Å². The lowest BCUT2D eigenvalue weighted by Crippen LogP contribution is -2.32. The van der Waals surface area contributed by atoms with Gasteiger partial charge in [0.05, 0.1) is 17.3 Å². The van der Waals surface area contributed by atoms with Crippen LogP contribution in [0.3, 0.4) is 0 Å². The normalized spacial score (nSPS) is 20.7. The highest BCUT2D eigenvalue weighted by atomic mass is 16.4. The van der Waals surface area contributed by atoms with Gasteiger partial charge in [0, 0.05) is 18.0 Å². The molecule has 3 rings (SSSR count). The van der Waals surface area contributed by atoms with Gasteiger partial charge >= 0.3 is 5.97 Å². The SMILES string of the molecule is O=C(O)C1=CN=C2c3ncccc3C=CC2C1=O. The Balaban J connectivity index is 2.17. The molecule has 1 atom stereocenters. The number of fused-ring (bicyclic) bond motifs is 3. The average molecular weight is 240 g/mol. The van der Waals surface area contributed by atoms with Crippen LogP contribution in [0.1, 0.15) is 11.3 Å². The second-order valence-electron chi connectivity index (χ2n) is 4.00. The number of rotatable bonds is 1. The summed E-state index contributed by atoms with van der Waals surface area (Å²) in [7, 11) is 0. The molecule has 1 aromatic rings. The number of hydrogen-bond acceptors (Lipinski definition) is 4. The van der Waals surface area contributed by atoms with Crippen LogP contribution in [0.15, 0.2) is 41.2 Å². The first-order valence-corrected chi connectivity index (χ1v) is 5.37. The van der Waals surface area contributed by atoms with Crippen LogP contribution >= 0.6 is 0 Å². The quantitative estimate of drug-likeness (QED) is 0.744. The number of pyridine rings is 1. The molecule has 0 saturated heterocycles. The third kappa shape index (κ3) is 1.41. The third-order valence-electron chi connectivity index (χ3n) is 2.96. The lowest BCUT2D eigenvalue weighted by molar-refractivity contribution is -0.134.